The number of benzene rings is 2. The molecule has 0 saturated carbocycles. The summed E-state index contributed by atoms with van der Waals surface area (Å²) in [6, 6.07) is 12.8. The van der Waals surface area contributed by atoms with E-state index in [9.17, 15) is 18.8 Å². The lowest BCUT2D eigenvalue weighted by atomic mass is 9.72. The quantitative estimate of drug-likeness (QED) is 0.316. The zero-order chi connectivity index (χ0) is 33.8. The molecule has 3 aliphatic rings. The smallest absolute Gasteiger partial charge is 0.410 e. The number of rotatable bonds is 9. The van der Waals surface area contributed by atoms with E-state index >= 15 is 0 Å². The third-order valence-electron chi connectivity index (χ3n) is 9.64. The Morgan fingerprint density at radius 1 is 1.06 bits per heavy atom. The zero-order valence-corrected chi connectivity index (χ0v) is 27.7. The Labute approximate surface area is 279 Å². The first-order valence-electron chi connectivity index (χ1n) is 16.6. The van der Waals surface area contributed by atoms with Gasteiger partial charge < -0.3 is 24.2 Å². The molecule has 48 heavy (non-hydrogen) atoms. The Bertz CT molecular complexity index is 1620. The molecule has 3 aliphatic heterocycles. The molecule has 3 aromatic rings. The van der Waals surface area contributed by atoms with Gasteiger partial charge in [0.2, 0.25) is 5.91 Å². The van der Waals surface area contributed by atoms with Gasteiger partial charge in [0.15, 0.2) is 5.82 Å². The van der Waals surface area contributed by atoms with Gasteiger partial charge in [0.25, 0.3) is 11.8 Å². The predicted molar refractivity (Wildman–Crippen MR) is 175 cm³/mol. The summed E-state index contributed by atoms with van der Waals surface area (Å²) in [5, 5.41) is 8.08. The maximum atomic E-state index is 14.3. The summed E-state index contributed by atoms with van der Waals surface area (Å²) in [5.41, 5.74) is 1.00. The average Bonchev–Trinajstić information content (AvgIpc) is 3.58. The standard InChI is InChI=1S/C35H42FN7O5/c1-4-42(24(2)3)32(44)27-19-26(36)12-13-29(27)48-31-30(37-23-38-39-31)41-21-35(22-41)14-17-40(18-15-35)33(45)28-11-8-16-43(28)34(46)47-20-25-9-6-5-7-10-25/h5-7,9-10,12-13,19,23-24,28H,4,8,11,14-18,20-22H2,1-3H3. The molecule has 1 atom stereocenters. The molecule has 1 spiro atoms. The van der Waals surface area contributed by atoms with Crippen LogP contribution in [0.1, 0.15) is 62.4 Å². The van der Waals surface area contributed by atoms with E-state index in [2.05, 4.69) is 20.1 Å². The van der Waals surface area contributed by atoms with Gasteiger partial charge in [-0.3, -0.25) is 14.5 Å². The van der Waals surface area contributed by atoms with Gasteiger partial charge in [-0.1, -0.05) is 30.3 Å². The van der Waals surface area contributed by atoms with Crippen molar-refractivity contribution in [3.05, 3.63) is 71.8 Å². The molecule has 254 valence electrons. The Morgan fingerprint density at radius 3 is 2.52 bits per heavy atom. The SMILES string of the molecule is CCN(C(=O)c1cc(F)ccc1Oc1nncnc1N1CC2(CCN(C(=O)C3CCCN3C(=O)OCc3ccccc3)CC2)C1)C(C)C. The van der Waals surface area contributed by atoms with Crippen LogP contribution < -0.4 is 9.64 Å². The molecule has 3 amide bonds. The third kappa shape index (κ3) is 6.90. The van der Waals surface area contributed by atoms with Crippen LogP contribution in [0.4, 0.5) is 15.0 Å². The van der Waals surface area contributed by atoms with Gasteiger partial charge in [-0.05, 0) is 70.2 Å². The van der Waals surface area contributed by atoms with Crippen molar-refractivity contribution in [2.75, 3.05) is 44.2 Å². The summed E-state index contributed by atoms with van der Waals surface area (Å²) >= 11 is 0. The molecule has 4 heterocycles. The highest BCUT2D eigenvalue weighted by Gasteiger charge is 2.48. The molecule has 3 saturated heterocycles. The van der Waals surface area contributed by atoms with Gasteiger partial charge in [-0.25, -0.2) is 14.2 Å². The van der Waals surface area contributed by atoms with E-state index in [1.54, 1.807) is 9.80 Å². The summed E-state index contributed by atoms with van der Waals surface area (Å²) in [6.45, 7) is 9.41. The first kappa shape index (κ1) is 33.1. The minimum atomic E-state index is -0.541. The highest BCUT2D eigenvalue weighted by Crippen LogP contribution is 2.44. The number of likely N-dealkylation sites (tertiary alicyclic amines) is 2. The van der Waals surface area contributed by atoms with E-state index < -0.39 is 18.0 Å². The van der Waals surface area contributed by atoms with E-state index in [-0.39, 0.29) is 47.1 Å². The minimum absolute atomic E-state index is 0.00112. The van der Waals surface area contributed by atoms with Crippen LogP contribution in [-0.4, -0.2) is 99.1 Å². The summed E-state index contributed by atoms with van der Waals surface area (Å²) in [5.74, 6) is -0.0986. The number of hydrogen-bond acceptors (Lipinski definition) is 9. The lowest BCUT2D eigenvalue weighted by molar-refractivity contribution is -0.138. The van der Waals surface area contributed by atoms with Crippen LogP contribution in [0, 0.1) is 11.2 Å². The molecule has 13 heteroatoms. The van der Waals surface area contributed by atoms with Gasteiger partial charge in [0.1, 0.15) is 30.5 Å². The number of aromatic nitrogens is 3. The van der Waals surface area contributed by atoms with Crippen molar-refractivity contribution >= 4 is 23.7 Å². The number of nitrogens with zero attached hydrogens (tertiary/aromatic N) is 7. The normalized spacial score (nSPS) is 18.5. The van der Waals surface area contributed by atoms with Crippen molar-refractivity contribution < 1.29 is 28.2 Å². The molecular formula is C35H42FN7O5. The fourth-order valence-electron chi connectivity index (χ4n) is 6.99. The van der Waals surface area contributed by atoms with E-state index in [1.807, 2.05) is 56.0 Å². The first-order valence-corrected chi connectivity index (χ1v) is 16.6. The van der Waals surface area contributed by atoms with Gasteiger partial charge in [0.05, 0.1) is 5.56 Å². The Hall–Kier alpha value is -4.81. The molecular weight excluding hydrogens is 617 g/mol. The van der Waals surface area contributed by atoms with Gasteiger partial charge in [-0.15, -0.1) is 10.2 Å². The number of hydrogen-bond donors (Lipinski definition) is 0. The molecule has 0 N–H and O–H groups in total. The Balaban J connectivity index is 1.06. The second kappa shape index (κ2) is 14.1. The van der Waals surface area contributed by atoms with Crippen molar-refractivity contribution in [2.45, 2.75) is 65.1 Å². The van der Waals surface area contributed by atoms with Crippen molar-refractivity contribution in [2.24, 2.45) is 5.41 Å². The largest absolute Gasteiger partial charge is 0.445 e. The molecule has 0 bridgehead atoms. The van der Waals surface area contributed by atoms with Crippen LogP contribution in [0.2, 0.25) is 0 Å². The van der Waals surface area contributed by atoms with Crippen molar-refractivity contribution in [3.8, 4) is 11.6 Å². The maximum Gasteiger partial charge on any atom is 0.410 e. The number of carbonyl (C=O) groups is 3. The minimum Gasteiger partial charge on any atom is -0.445 e. The molecule has 2 aromatic carbocycles. The number of piperidine rings is 1. The van der Waals surface area contributed by atoms with Gasteiger partial charge >= 0.3 is 6.09 Å². The summed E-state index contributed by atoms with van der Waals surface area (Å²) in [7, 11) is 0. The van der Waals surface area contributed by atoms with Crippen LogP contribution in [0.5, 0.6) is 11.6 Å². The van der Waals surface area contributed by atoms with Crippen molar-refractivity contribution in [1.82, 2.24) is 29.9 Å². The fourth-order valence-corrected chi connectivity index (χ4v) is 6.99. The van der Waals surface area contributed by atoms with Gasteiger partial charge in [0, 0.05) is 50.7 Å². The molecule has 0 aliphatic carbocycles. The second-order valence-electron chi connectivity index (χ2n) is 13.1. The summed E-state index contributed by atoms with van der Waals surface area (Å²) in [4.78, 5) is 51.4. The summed E-state index contributed by atoms with van der Waals surface area (Å²) < 4.78 is 25.9. The number of carbonyl (C=O) groups excluding carboxylic acids is 3. The molecule has 1 unspecified atom stereocenters. The monoisotopic (exact) mass is 659 g/mol. The van der Waals surface area contributed by atoms with Crippen LogP contribution in [0.25, 0.3) is 0 Å². The summed E-state index contributed by atoms with van der Waals surface area (Å²) in [6.07, 6.45) is 3.92. The van der Waals surface area contributed by atoms with E-state index in [1.165, 1.54) is 24.5 Å². The topological polar surface area (TPSA) is 121 Å². The fraction of sp³-hybridized carbons (Fsp3) is 0.486. The number of amides is 3. The third-order valence-corrected chi connectivity index (χ3v) is 9.64. The van der Waals surface area contributed by atoms with Crippen LogP contribution >= 0.6 is 0 Å². The number of halogens is 1. The second-order valence-corrected chi connectivity index (χ2v) is 13.1. The van der Waals surface area contributed by atoms with Crippen LogP contribution in [0.15, 0.2) is 54.9 Å². The Kier molecular flexibility index (Phi) is 9.74. The van der Waals surface area contributed by atoms with Crippen molar-refractivity contribution in [1.29, 1.82) is 0 Å². The molecule has 0 radical (unpaired) electrons. The predicted octanol–water partition coefficient (Wildman–Crippen LogP) is 4.90. The Morgan fingerprint density at radius 2 is 1.81 bits per heavy atom. The van der Waals surface area contributed by atoms with E-state index in [4.69, 9.17) is 9.47 Å². The van der Waals surface area contributed by atoms with Crippen LogP contribution in [0.3, 0.4) is 0 Å². The molecule has 6 rings (SSSR count). The maximum absolute atomic E-state index is 14.3. The highest BCUT2D eigenvalue weighted by molar-refractivity contribution is 5.97. The first-order chi connectivity index (χ1) is 23.2. The average molecular weight is 660 g/mol. The van der Waals surface area contributed by atoms with Crippen molar-refractivity contribution in [3.63, 3.8) is 0 Å². The van der Waals surface area contributed by atoms with Gasteiger partial charge in [-0.2, -0.15) is 0 Å². The highest BCUT2D eigenvalue weighted by atomic mass is 19.1. The lowest BCUT2D eigenvalue weighted by Crippen LogP contribution is -2.62. The molecule has 1 aromatic heterocycles. The number of ether oxygens (including phenoxy) is 2. The van der Waals surface area contributed by atoms with E-state index in [0.29, 0.717) is 51.5 Å². The molecule has 3 fully saturated rings. The molecule has 12 nitrogen and oxygen atoms in total. The van der Waals surface area contributed by atoms with E-state index in [0.717, 1.165) is 24.8 Å². The zero-order valence-electron chi connectivity index (χ0n) is 27.7. The van der Waals surface area contributed by atoms with Crippen LogP contribution in [-0.2, 0) is 16.1 Å². The number of anilines is 1. The lowest BCUT2D eigenvalue weighted by Gasteiger charge is -2.54.